The second kappa shape index (κ2) is 5.30. The average Bonchev–Trinajstić information content (AvgIpc) is 2.38. The highest BCUT2D eigenvalue weighted by Crippen LogP contribution is 2.32. The molecule has 0 aromatic carbocycles. The van der Waals surface area contributed by atoms with Crippen molar-refractivity contribution in [2.45, 2.75) is 25.8 Å². The number of anilines is 1. The van der Waals surface area contributed by atoms with E-state index in [-0.39, 0.29) is 11.9 Å². The number of nitrogens with two attached hydrogens (primary N) is 1. The first-order chi connectivity index (χ1) is 8.63. The van der Waals surface area contributed by atoms with Crippen LogP contribution in [0.2, 0.25) is 0 Å². The number of hydrogen-bond acceptors (Lipinski definition) is 5. The van der Waals surface area contributed by atoms with E-state index in [4.69, 9.17) is 5.73 Å². The molecule has 1 aliphatic heterocycles. The van der Waals surface area contributed by atoms with Crippen molar-refractivity contribution in [2.75, 3.05) is 18.0 Å². The van der Waals surface area contributed by atoms with E-state index in [9.17, 15) is 10.1 Å². The largest absolute Gasteiger partial charge is 0.387 e. The highest BCUT2D eigenvalue weighted by molar-refractivity contribution is 5.60. The Balaban J connectivity index is 2.32. The van der Waals surface area contributed by atoms with Crippen molar-refractivity contribution >= 4 is 11.5 Å². The molecule has 0 saturated carbocycles. The Hall–Kier alpha value is -1.69. The van der Waals surface area contributed by atoms with E-state index in [1.54, 1.807) is 12.1 Å². The van der Waals surface area contributed by atoms with Crippen LogP contribution >= 0.6 is 0 Å². The lowest BCUT2D eigenvalue weighted by Gasteiger charge is -2.38. The van der Waals surface area contributed by atoms with Crippen LogP contribution in [0.5, 0.6) is 0 Å². The van der Waals surface area contributed by atoms with Gasteiger partial charge in [0.15, 0.2) is 0 Å². The van der Waals surface area contributed by atoms with E-state index in [0.717, 1.165) is 19.4 Å². The topological polar surface area (TPSA) is 85.3 Å². The first-order valence-corrected chi connectivity index (χ1v) is 6.19. The van der Waals surface area contributed by atoms with Crippen LogP contribution in [0, 0.1) is 16.0 Å². The number of nitrogens with zero attached hydrogens (tertiary/aromatic N) is 3. The van der Waals surface area contributed by atoms with E-state index >= 15 is 0 Å². The van der Waals surface area contributed by atoms with Crippen molar-refractivity contribution < 1.29 is 4.92 Å². The third-order valence-corrected chi connectivity index (χ3v) is 3.50. The maximum Gasteiger partial charge on any atom is 0.387 e. The van der Waals surface area contributed by atoms with Gasteiger partial charge < -0.3 is 20.7 Å². The molecule has 2 N–H and O–H groups in total. The molecule has 1 saturated heterocycles. The summed E-state index contributed by atoms with van der Waals surface area (Å²) in [4.78, 5) is 16.5. The van der Waals surface area contributed by atoms with Gasteiger partial charge in [0.2, 0.25) is 0 Å². The Kier molecular flexibility index (Phi) is 3.76. The van der Waals surface area contributed by atoms with Gasteiger partial charge in [0.1, 0.15) is 11.9 Å². The molecule has 1 aliphatic rings. The van der Waals surface area contributed by atoms with Crippen LogP contribution in [0.25, 0.3) is 0 Å². The first kappa shape index (κ1) is 12.8. The van der Waals surface area contributed by atoms with Gasteiger partial charge in [-0.2, -0.15) is 0 Å². The minimum Gasteiger partial charge on any atom is -0.360 e. The van der Waals surface area contributed by atoms with Gasteiger partial charge in [0.25, 0.3) is 0 Å². The summed E-state index contributed by atoms with van der Waals surface area (Å²) in [5.74, 6) is 0.538. The van der Waals surface area contributed by atoms with E-state index in [2.05, 4.69) is 11.9 Å². The fourth-order valence-corrected chi connectivity index (χ4v) is 2.55. The molecule has 98 valence electrons. The van der Waals surface area contributed by atoms with Gasteiger partial charge in [-0.05, 0) is 40.8 Å². The predicted octanol–water partition coefficient (Wildman–Crippen LogP) is 1.55. The van der Waals surface area contributed by atoms with Crippen molar-refractivity contribution in [1.82, 2.24) is 4.98 Å². The SMILES string of the molecule is CC1CCN(c2cccnc2[N+](=O)[O-])C(CN)C1. The molecule has 0 aliphatic carbocycles. The molecular weight excluding hydrogens is 232 g/mol. The normalized spacial score (nSPS) is 24.0. The highest BCUT2D eigenvalue weighted by Gasteiger charge is 2.30. The van der Waals surface area contributed by atoms with E-state index in [1.165, 1.54) is 6.20 Å². The lowest BCUT2D eigenvalue weighted by atomic mass is 9.92. The fraction of sp³-hybridized carbons (Fsp3) is 0.583. The zero-order valence-corrected chi connectivity index (χ0v) is 10.5. The first-order valence-electron chi connectivity index (χ1n) is 6.19. The second-order valence-corrected chi connectivity index (χ2v) is 4.82. The Morgan fingerprint density at radius 1 is 1.67 bits per heavy atom. The van der Waals surface area contributed by atoms with Crippen LogP contribution in [0.1, 0.15) is 19.8 Å². The lowest BCUT2D eigenvalue weighted by molar-refractivity contribution is -0.388. The number of pyridine rings is 1. The third-order valence-electron chi connectivity index (χ3n) is 3.50. The number of rotatable bonds is 3. The maximum atomic E-state index is 11.0. The molecule has 6 nitrogen and oxygen atoms in total. The molecule has 1 fully saturated rings. The van der Waals surface area contributed by atoms with Crippen molar-refractivity contribution in [3.63, 3.8) is 0 Å². The van der Waals surface area contributed by atoms with E-state index in [0.29, 0.717) is 18.2 Å². The summed E-state index contributed by atoms with van der Waals surface area (Å²) >= 11 is 0. The number of piperidine rings is 1. The van der Waals surface area contributed by atoms with Crippen molar-refractivity contribution in [2.24, 2.45) is 11.7 Å². The molecule has 2 unspecified atom stereocenters. The molecule has 1 aromatic rings. The fourth-order valence-electron chi connectivity index (χ4n) is 2.55. The minimum atomic E-state index is -0.430. The Labute approximate surface area is 106 Å². The van der Waals surface area contributed by atoms with Gasteiger partial charge in [-0.25, -0.2) is 0 Å². The predicted molar refractivity (Wildman–Crippen MR) is 69.5 cm³/mol. The summed E-state index contributed by atoms with van der Waals surface area (Å²) in [7, 11) is 0. The van der Waals surface area contributed by atoms with Gasteiger partial charge in [-0.1, -0.05) is 6.92 Å². The molecule has 0 amide bonds. The van der Waals surface area contributed by atoms with E-state index < -0.39 is 4.92 Å². The summed E-state index contributed by atoms with van der Waals surface area (Å²) in [5.41, 5.74) is 6.38. The molecule has 2 atom stereocenters. The van der Waals surface area contributed by atoms with Crippen LogP contribution in [-0.4, -0.2) is 29.0 Å². The van der Waals surface area contributed by atoms with Crippen LogP contribution in [0.3, 0.4) is 0 Å². The molecule has 0 spiro atoms. The Morgan fingerprint density at radius 2 is 2.44 bits per heavy atom. The van der Waals surface area contributed by atoms with Crippen molar-refractivity contribution in [3.8, 4) is 0 Å². The van der Waals surface area contributed by atoms with Crippen molar-refractivity contribution in [1.29, 1.82) is 0 Å². The minimum absolute atomic E-state index is 0.0782. The smallest absolute Gasteiger partial charge is 0.360 e. The Morgan fingerprint density at radius 3 is 3.11 bits per heavy atom. The summed E-state index contributed by atoms with van der Waals surface area (Å²) in [6.45, 7) is 3.50. The molecule has 18 heavy (non-hydrogen) atoms. The Bertz CT molecular complexity index is 438. The van der Waals surface area contributed by atoms with Crippen LogP contribution in [0.4, 0.5) is 11.5 Å². The molecule has 2 heterocycles. The monoisotopic (exact) mass is 250 g/mol. The average molecular weight is 250 g/mol. The highest BCUT2D eigenvalue weighted by atomic mass is 16.6. The molecule has 1 aromatic heterocycles. The summed E-state index contributed by atoms with van der Waals surface area (Å²) in [5, 5.41) is 11.0. The summed E-state index contributed by atoms with van der Waals surface area (Å²) in [6, 6.07) is 3.65. The van der Waals surface area contributed by atoms with Gasteiger partial charge in [0.05, 0.1) is 0 Å². The quantitative estimate of drug-likeness (QED) is 0.650. The molecule has 2 rings (SSSR count). The number of nitro groups is 1. The van der Waals surface area contributed by atoms with E-state index in [1.807, 2.05) is 4.90 Å². The van der Waals surface area contributed by atoms with Crippen LogP contribution in [0.15, 0.2) is 18.3 Å². The lowest BCUT2D eigenvalue weighted by Crippen LogP contribution is -2.46. The third kappa shape index (κ3) is 2.43. The zero-order valence-electron chi connectivity index (χ0n) is 10.5. The number of aromatic nitrogens is 1. The van der Waals surface area contributed by atoms with Crippen LogP contribution < -0.4 is 10.6 Å². The molecule has 0 radical (unpaired) electrons. The molecule has 6 heteroatoms. The second-order valence-electron chi connectivity index (χ2n) is 4.82. The maximum absolute atomic E-state index is 11.0. The van der Waals surface area contributed by atoms with Gasteiger partial charge in [0, 0.05) is 19.1 Å². The van der Waals surface area contributed by atoms with Gasteiger partial charge >= 0.3 is 5.82 Å². The van der Waals surface area contributed by atoms with Gasteiger partial charge in [-0.3, -0.25) is 0 Å². The van der Waals surface area contributed by atoms with Gasteiger partial charge in [-0.15, -0.1) is 0 Å². The van der Waals surface area contributed by atoms with Crippen molar-refractivity contribution in [3.05, 3.63) is 28.4 Å². The summed E-state index contributed by atoms with van der Waals surface area (Å²) < 4.78 is 0. The zero-order chi connectivity index (χ0) is 13.1. The van der Waals surface area contributed by atoms with Crippen LogP contribution in [-0.2, 0) is 0 Å². The molecular formula is C12H18N4O2. The standard InChI is InChI=1S/C12H18N4O2/c1-9-4-6-15(10(7-9)8-13)11-3-2-5-14-12(11)16(17)18/h2-3,5,9-10H,4,6-8,13H2,1H3. The summed E-state index contributed by atoms with van der Waals surface area (Å²) in [6.07, 6.45) is 3.46. The molecule has 0 bridgehead atoms. The number of hydrogen-bond donors (Lipinski definition) is 1.